The Hall–Kier alpha value is -4.58. The van der Waals surface area contributed by atoms with Gasteiger partial charge in [0.1, 0.15) is 30.1 Å². The molecule has 0 radical (unpaired) electrons. The van der Waals surface area contributed by atoms with Gasteiger partial charge in [-0.05, 0) is 63.5 Å². The van der Waals surface area contributed by atoms with E-state index in [2.05, 4.69) is 17.1 Å². The number of nitrogens with one attached hydrogen (secondary N) is 1. The Morgan fingerprint density at radius 3 is 2.40 bits per heavy atom. The van der Waals surface area contributed by atoms with Gasteiger partial charge in [-0.3, -0.25) is 0 Å². The predicted molar refractivity (Wildman–Crippen MR) is 194 cm³/mol. The van der Waals surface area contributed by atoms with Crippen molar-refractivity contribution in [2.24, 2.45) is 23.7 Å². The summed E-state index contributed by atoms with van der Waals surface area (Å²) in [4.78, 5) is 43.2. The van der Waals surface area contributed by atoms with Crippen LogP contribution in [-0.2, 0) is 35.0 Å². The second-order valence-electron chi connectivity index (χ2n) is 14.8. The number of esters is 3. The summed E-state index contributed by atoms with van der Waals surface area (Å²) in [6.45, 7) is 9.85. The lowest BCUT2D eigenvalue weighted by atomic mass is 9.69. The Bertz CT molecular complexity index is 1790. The Morgan fingerprint density at radius 2 is 1.74 bits per heavy atom. The highest BCUT2D eigenvalue weighted by molar-refractivity contribution is 5.89. The molecule has 1 unspecified atom stereocenters. The lowest BCUT2D eigenvalue weighted by Crippen LogP contribution is -2.48. The highest BCUT2D eigenvalue weighted by Crippen LogP contribution is 2.53. The molecular weight excluding hydrogens is 676 g/mol. The maximum absolute atomic E-state index is 13.7. The zero-order valence-corrected chi connectivity index (χ0v) is 31.2. The van der Waals surface area contributed by atoms with E-state index in [9.17, 15) is 19.5 Å². The summed E-state index contributed by atoms with van der Waals surface area (Å²) in [5, 5.41) is 10.7. The number of fused-ring (bicyclic) bond motifs is 1. The number of aromatic nitrogens is 2. The van der Waals surface area contributed by atoms with Gasteiger partial charge in [-0.25, -0.2) is 19.0 Å². The van der Waals surface area contributed by atoms with Crippen LogP contribution in [0.2, 0.25) is 0 Å². The molecule has 4 heterocycles. The molecule has 3 aromatic rings. The van der Waals surface area contributed by atoms with E-state index in [-0.39, 0.29) is 24.2 Å². The molecule has 2 N–H and O–H groups in total. The van der Waals surface area contributed by atoms with Crippen molar-refractivity contribution >= 4 is 17.9 Å². The summed E-state index contributed by atoms with van der Waals surface area (Å²) < 4.78 is 33.0. The van der Waals surface area contributed by atoms with Crippen molar-refractivity contribution in [3.05, 3.63) is 114 Å². The zero-order valence-electron chi connectivity index (χ0n) is 31.2. The number of ether oxygens (including phenoxy) is 5. The molecule has 1 fully saturated rings. The van der Waals surface area contributed by atoms with Gasteiger partial charge < -0.3 is 33.8 Å². The second kappa shape index (κ2) is 16.2. The Kier molecular flexibility index (Phi) is 11.7. The van der Waals surface area contributed by atoms with Gasteiger partial charge in [0.2, 0.25) is 0 Å². The minimum Gasteiger partial charge on any atom is -0.456 e. The number of cyclic esters (lactones) is 1. The van der Waals surface area contributed by atoms with E-state index in [1.807, 2.05) is 74.1 Å². The number of nitrogens with zero attached hydrogens (tertiary/aromatic N) is 1. The predicted octanol–water partition coefficient (Wildman–Crippen LogP) is 5.38. The van der Waals surface area contributed by atoms with E-state index in [4.69, 9.17) is 23.7 Å². The lowest BCUT2D eigenvalue weighted by molar-refractivity contribution is -0.688. The van der Waals surface area contributed by atoms with Gasteiger partial charge in [-0.1, -0.05) is 50.3 Å². The highest BCUT2D eigenvalue weighted by Gasteiger charge is 2.57. The smallest absolute Gasteiger partial charge is 0.355 e. The van der Waals surface area contributed by atoms with Gasteiger partial charge in [-0.15, -0.1) is 0 Å². The molecule has 2 aliphatic heterocycles. The maximum Gasteiger partial charge on any atom is 0.355 e. The van der Waals surface area contributed by atoms with Gasteiger partial charge in [0.25, 0.3) is 0 Å². The number of pyridine rings is 1. The largest absolute Gasteiger partial charge is 0.456 e. The van der Waals surface area contributed by atoms with Gasteiger partial charge in [0, 0.05) is 54.7 Å². The number of aliphatic hydroxyl groups excluding tert-OH is 1. The highest BCUT2D eigenvalue weighted by atomic mass is 16.6. The van der Waals surface area contributed by atoms with Crippen LogP contribution in [0.1, 0.15) is 73.9 Å². The van der Waals surface area contributed by atoms with Crippen molar-refractivity contribution in [3.8, 4) is 0 Å². The number of hydrogen-bond donors (Lipinski definition) is 2. The van der Waals surface area contributed by atoms with Gasteiger partial charge in [0.05, 0.1) is 17.3 Å². The van der Waals surface area contributed by atoms with Gasteiger partial charge in [0.15, 0.2) is 25.0 Å². The number of rotatable bonds is 11. The van der Waals surface area contributed by atoms with Crippen molar-refractivity contribution in [2.45, 2.75) is 96.2 Å². The fourth-order valence-electron chi connectivity index (χ4n) is 8.00. The molecule has 11 heteroatoms. The normalized spacial score (nSPS) is 30.1. The quantitative estimate of drug-likeness (QED) is 0.115. The molecular formula is C42H51N2O9+. The van der Waals surface area contributed by atoms with E-state index in [0.29, 0.717) is 24.2 Å². The van der Waals surface area contributed by atoms with Crippen LogP contribution in [0.5, 0.6) is 0 Å². The van der Waals surface area contributed by atoms with Crippen molar-refractivity contribution in [2.75, 3.05) is 7.11 Å². The summed E-state index contributed by atoms with van der Waals surface area (Å²) in [7, 11) is 1.48. The van der Waals surface area contributed by atoms with Gasteiger partial charge >= 0.3 is 17.9 Å². The molecule has 11 nitrogen and oxygen atoms in total. The molecule has 3 aliphatic rings. The Morgan fingerprint density at radius 1 is 1.00 bits per heavy atom. The first-order valence-corrected chi connectivity index (χ1v) is 18.4. The van der Waals surface area contributed by atoms with E-state index in [0.717, 1.165) is 11.1 Å². The average molecular weight is 728 g/mol. The van der Waals surface area contributed by atoms with Crippen molar-refractivity contribution in [1.29, 1.82) is 0 Å². The average Bonchev–Trinajstić information content (AvgIpc) is 3.80. The molecule has 1 aliphatic carbocycles. The zero-order chi connectivity index (χ0) is 37.9. The third-order valence-electron chi connectivity index (χ3n) is 11.2. The molecule has 1 aromatic carbocycles. The van der Waals surface area contributed by atoms with Crippen molar-refractivity contribution in [3.63, 3.8) is 0 Å². The first-order valence-electron chi connectivity index (χ1n) is 18.4. The Balaban J connectivity index is 1.24. The molecule has 0 saturated carbocycles. The first kappa shape index (κ1) is 38.2. The van der Waals surface area contributed by atoms with Crippen LogP contribution in [0.25, 0.3) is 0 Å². The van der Waals surface area contributed by atoms with Crippen LogP contribution in [0, 0.1) is 23.7 Å². The number of aliphatic hydroxyl groups is 1. The van der Waals surface area contributed by atoms with Gasteiger partial charge in [-0.2, -0.15) is 0 Å². The molecule has 282 valence electrons. The molecule has 0 amide bonds. The summed E-state index contributed by atoms with van der Waals surface area (Å²) in [5.41, 5.74) is 1.81. The van der Waals surface area contributed by atoms with E-state index in [1.54, 1.807) is 44.3 Å². The SMILES string of the molecule is CO[C@H]1CC2C=C[C@@H]3C[C@]2(O[C@H]3[C@H](OC(=O)c2ccc[nH]2)[C@H](C)[C@H](C)O)/C(C)=C/[C@@H](C)[C@@H]([C@@H](C)OC(=O)c2ccc(C[n+]3ccccc3)cc2)OC1=O. The monoisotopic (exact) mass is 727 g/mol. The lowest BCUT2D eigenvalue weighted by Gasteiger charge is -2.41. The first-order chi connectivity index (χ1) is 25.4. The molecule has 1 spiro atoms. The maximum atomic E-state index is 13.7. The molecule has 53 heavy (non-hydrogen) atoms. The molecule has 1 saturated heterocycles. The van der Waals surface area contributed by atoms with Crippen molar-refractivity contribution < 1.29 is 47.7 Å². The van der Waals surface area contributed by atoms with E-state index < -0.39 is 66.1 Å². The minimum atomic E-state index is -0.919. The van der Waals surface area contributed by atoms with E-state index in [1.165, 1.54) is 7.11 Å². The van der Waals surface area contributed by atoms with Crippen LogP contribution in [-0.4, -0.2) is 77.3 Å². The number of H-pyrrole nitrogens is 1. The van der Waals surface area contributed by atoms with E-state index >= 15 is 0 Å². The summed E-state index contributed by atoms with van der Waals surface area (Å²) in [6, 6.07) is 16.5. The minimum absolute atomic E-state index is 0.128. The topological polar surface area (TPSA) is 137 Å². The number of aromatic amines is 1. The summed E-state index contributed by atoms with van der Waals surface area (Å²) >= 11 is 0. The number of methoxy groups -OCH3 is 1. The number of benzene rings is 1. The van der Waals surface area contributed by atoms with Crippen LogP contribution >= 0.6 is 0 Å². The van der Waals surface area contributed by atoms with Crippen LogP contribution < -0.4 is 4.57 Å². The van der Waals surface area contributed by atoms with Crippen LogP contribution in [0.15, 0.2) is 97.0 Å². The van der Waals surface area contributed by atoms with Crippen LogP contribution in [0.3, 0.4) is 0 Å². The fourth-order valence-corrected chi connectivity index (χ4v) is 8.00. The number of carbonyl (C=O) groups excluding carboxylic acids is 3. The molecule has 2 bridgehead atoms. The third kappa shape index (κ3) is 8.17. The third-order valence-corrected chi connectivity index (χ3v) is 11.2. The summed E-state index contributed by atoms with van der Waals surface area (Å²) in [5.74, 6) is -2.82. The van der Waals surface area contributed by atoms with Crippen LogP contribution in [0.4, 0.5) is 0 Å². The number of hydrogen-bond acceptors (Lipinski definition) is 9. The molecule has 2 aromatic heterocycles. The Labute approximate surface area is 310 Å². The molecule has 6 rings (SSSR count). The fraction of sp³-hybridized carbons (Fsp3) is 0.476. The number of carbonyl (C=O) groups is 3. The summed E-state index contributed by atoms with van der Waals surface area (Å²) in [6.07, 6.45) is 8.00. The molecule has 11 atom stereocenters. The standard InChI is InChI=1S/C42H50N2O9/c1-25-21-26(2)42-23-32(38(53-42)37(27(3)28(4)45)52-40(47)34-11-10-18-43-34)16-17-33(42)22-35(49-6)41(48)51-36(25)29(5)50-39(46)31-14-12-30(13-15-31)24-44-19-8-7-9-20-44/h7-21,25,27-29,32-33,35-38,45H,22-24H2,1-6H3/p+1/b26-21+/t25-,27-,28+,29-,32-,33?,35+,36+,37-,38-,42+/m1/s1. The second-order valence-corrected chi connectivity index (χ2v) is 14.8. The van der Waals surface area contributed by atoms with Crippen molar-refractivity contribution in [1.82, 2.24) is 4.98 Å².